The third-order valence-corrected chi connectivity index (χ3v) is 2.68. The number of aliphatic hydroxyl groups excluding tert-OH is 1. The zero-order chi connectivity index (χ0) is 8.97. The minimum absolute atomic E-state index is 0.0949. The summed E-state index contributed by atoms with van der Waals surface area (Å²) in [4.78, 5) is 7.22. The molecule has 0 unspecified atom stereocenters. The van der Waals surface area contributed by atoms with Gasteiger partial charge in [0.2, 0.25) is 0 Å². The van der Waals surface area contributed by atoms with Gasteiger partial charge in [-0.2, -0.15) is 0 Å². The maximum atomic E-state index is 8.81. The van der Waals surface area contributed by atoms with E-state index in [0.29, 0.717) is 0 Å². The SMILES string of the molecule is CCCN(C)c1ncc(CO)s1. The highest BCUT2D eigenvalue weighted by Crippen LogP contribution is 2.21. The zero-order valence-electron chi connectivity index (χ0n) is 7.45. The molecule has 0 aliphatic rings. The maximum Gasteiger partial charge on any atom is 0.185 e. The molecule has 0 amide bonds. The molecule has 0 saturated carbocycles. The summed E-state index contributed by atoms with van der Waals surface area (Å²) in [7, 11) is 2.02. The fourth-order valence-electron chi connectivity index (χ4n) is 0.978. The van der Waals surface area contributed by atoms with Crippen molar-refractivity contribution < 1.29 is 5.11 Å². The Bertz CT molecular complexity index is 237. The van der Waals surface area contributed by atoms with Gasteiger partial charge in [-0.05, 0) is 6.42 Å². The molecule has 0 fully saturated rings. The third-order valence-electron chi connectivity index (χ3n) is 1.58. The van der Waals surface area contributed by atoms with Crippen LogP contribution in [0, 0.1) is 0 Å². The molecule has 68 valence electrons. The lowest BCUT2D eigenvalue weighted by molar-refractivity contribution is 0.285. The highest BCUT2D eigenvalue weighted by molar-refractivity contribution is 7.15. The molecule has 0 bridgehead atoms. The van der Waals surface area contributed by atoms with Gasteiger partial charge in [0.25, 0.3) is 0 Å². The van der Waals surface area contributed by atoms with Gasteiger partial charge in [-0.3, -0.25) is 0 Å². The Balaban J connectivity index is 2.61. The average Bonchev–Trinajstić information content (AvgIpc) is 2.52. The topological polar surface area (TPSA) is 36.4 Å². The Labute approximate surface area is 76.7 Å². The first kappa shape index (κ1) is 9.48. The number of aliphatic hydroxyl groups is 1. The van der Waals surface area contributed by atoms with E-state index in [9.17, 15) is 0 Å². The van der Waals surface area contributed by atoms with E-state index in [4.69, 9.17) is 5.11 Å². The van der Waals surface area contributed by atoms with Crippen molar-refractivity contribution in [2.45, 2.75) is 20.0 Å². The quantitative estimate of drug-likeness (QED) is 0.773. The van der Waals surface area contributed by atoms with Crippen molar-refractivity contribution in [3.63, 3.8) is 0 Å². The van der Waals surface area contributed by atoms with Crippen molar-refractivity contribution in [3.05, 3.63) is 11.1 Å². The highest BCUT2D eigenvalue weighted by Gasteiger charge is 2.04. The first-order chi connectivity index (χ1) is 5.77. The van der Waals surface area contributed by atoms with Crippen molar-refractivity contribution in [1.29, 1.82) is 0 Å². The summed E-state index contributed by atoms with van der Waals surface area (Å²) >= 11 is 1.55. The summed E-state index contributed by atoms with van der Waals surface area (Å²) in [5.74, 6) is 0. The lowest BCUT2D eigenvalue weighted by Gasteiger charge is -2.13. The predicted molar refractivity (Wildman–Crippen MR) is 51.6 cm³/mol. The summed E-state index contributed by atoms with van der Waals surface area (Å²) in [6.07, 6.45) is 2.84. The Morgan fingerprint density at radius 3 is 2.92 bits per heavy atom. The zero-order valence-corrected chi connectivity index (χ0v) is 8.27. The lowest BCUT2D eigenvalue weighted by atomic mass is 10.5. The molecule has 0 aromatic carbocycles. The summed E-state index contributed by atoms with van der Waals surface area (Å²) in [5, 5.41) is 9.80. The molecule has 1 aromatic rings. The summed E-state index contributed by atoms with van der Waals surface area (Å²) < 4.78 is 0. The molecule has 4 heteroatoms. The first-order valence-corrected chi connectivity index (χ1v) is 4.86. The van der Waals surface area contributed by atoms with Crippen LogP contribution >= 0.6 is 11.3 Å². The van der Waals surface area contributed by atoms with Crippen LogP contribution in [0.4, 0.5) is 5.13 Å². The standard InChI is InChI=1S/C8H14N2OS/c1-3-4-10(2)8-9-5-7(6-11)12-8/h5,11H,3-4,6H2,1-2H3. The van der Waals surface area contributed by atoms with Crippen LogP contribution in [-0.2, 0) is 6.61 Å². The fraction of sp³-hybridized carbons (Fsp3) is 0.625. The van der Waals surface area contributed by atoms with Crippen molar-refractivity contribution in [3.8, 4) is 0 Å². The molecule has 0 aliphatic heterocycles. The van der Waals surface area contributed by atoms with Crippen LogP contribution in [0.25, 0.3) is 0 Å². The maximum absolute atomic E-state index is 8.81. The second-order valence-corrected chi connectivity index (χ2v) is 3.78. The van der Waals surface area contributed by atoms with Gasteiger partial charge in [0.1, 0.15) is 0 Å². The molecule has 0 spiro atoms. The molecule has 0 saturated heterocycles. The van der Waals surface area contributed by atoms with Gasteiger partial charge in [0, 0.05) is 19.8 Å². The van der Waals surface area contributed by atoms with Crippen LogP contribution in [0.5, 0.6) is 0 Å². The number of nitrogens with zero attached hydrogens (tertiary/aromatic N) is 2. The van der Waals surface area contributed by atoms with Crippen LogP contribution in [0.15, 0.2) is 6.20 Å². The normalized spacial score (nSPS) is 10.2. The Morgan fingerprint density at radius 2 is 2.42 bits per heavy atom. The van der Waals surface area contributed by atoms with Crippen molar-refractivity contribution in [2.75, 3.05) is 18.5 Å². The van der Waals surface area contributed by atoms with Crippen molar-refractivity contribution >= 4 is 16.5 Å². The molecule has 1 aromatic heterocycles. The molecule has 0 atom stereocenters. The number of rotatable bonds is 4. The Hall–Kier alpha value is -0.610. The van der Waals surface area contributed by atoms with Gasteiger partial charge in [-0.1, -0.05) is 18.3 Å². The smallest absolute Gasteiger partial charge is 0.185 e. The molecule has 1 N–H and O–H groups in total. The van der Waals surface area contributed by atoms with E-state index in [-0.39, 0.29) is 6.61 Å². The minimum atomic E-state index is 0.0949. The van der Waals surface area contributed by atoms with Gasteiger partial charge in [0.15, 0.2) is 5.13 Å². The van der Waals surface area contributed by atoms with Crippen LogP contribution < -0.4 is 4.90 Å². The van der Waals surface area contributed by atoms with Gasteiger partial charge in [-0.15, -0.1) is 0 Å². The number of hydrogen-bond donors (Lipinski definition) is 1. The van der Waals surface area contributed by atoms with Gasteiger partial charge in [-0.25, -0.2) is 4.98 Å². The van der Waals surface area contributed by atoms with Gasteiger partial charge in [0.05, 0.1) is 11.5 Å². The molecule has 12 heavy (non-hydrogen) atoms. The van der Waals surface area contributed by atoms with E-state index in [2.05, 4.69) is 16.8 Å². The molecule has 1 heterocycles. The Kier molecular flexibility index (Phi) is 3.49. The van der Waals surface area contributed by atoms with Crippen LogP contribution in [0.3, 0.4) is 0 Å². The molecular formula is C8H14N2OS. The summed E-state index contributed by atoms with van der Waals surface area (Å²) in [5.41, 5.74) is 0. The fourth-order valence-corrected chi connectivity index (χ4v) is 1.73. The second kappa shape index (κ2) is 4.42. The average molecular weight is 186 g/mol. The largest absolute Gasteiger partial charge is 0.391 e. The summed E-state index contributed by atoms with van der Waals surface area (Å²) in [6, 6.07) is 0. The minimum Gasteiger partial charge on any atom is -0.391 e. The Morgan fingerprint density at radius 1 is 1.67 bits per heavy atom. The molecule has 3 nitrogen and oxygen atoms in total. The van der Waals surface area contributed by atoms with Crippen molar-refractivity contribution in [1.82, 2.24) is 4.98 Å². The monoisotopic (exact) mass is 186 g/mol. The number of thiazole rings is 1. The number of aromatic nitrogens is 1. The first-order valence-electron chi connectivity index (χ1n) is 4.04. The van der Waals surface area contributed by atoms with E-state index in [1.54, 1.807) is 17.5 Å². The predicted octanol–water partition coefficient (Wildman–Crippen LogP) is 1.48. The second-order valence-electron chi connectivity index (χ2n) is 2.69. The van der Waals surface area contributed by atoms with Gasteiger partial charge >= 0.3 is 0 Å². The number of hydrogen-bond acceptors (Lipinski definition) is 4. The lowest BCUT2D eigenvalue weighted by Crippen LogP contribution is -2.17. The highest BCUT2D eigenvalue weighted by atomic mass is 32.1. The van der Waals surface area contributed by atoms with Crippen LogP contribution in [-0.4, -0.2) is 23.7 Å². The summed E-state index contributed by atoms with van der Waals surface area (Å²) in [6.45, 7) is 3.24. The third kappa shape index (κ3) is 2.19. The number of anilines is 1. The molecule has 0 radical (unpaired) electrons. The van der Waals surface area contributed by atoms with E-state index in [1.807, 2.05) is 7.05 Å². The van der Waals surface area contributed by atoms with Crippen molar-refractivity contribution in [2.24, 2.45) is 0 Å². The van der Waals surface area contributed by atoms with E-state index in [1.165, 1.54) is 0 Å². The van der Waals surface area contributed by atoms with E-state index in [0.717, 1.165) is 23.0 Å². The molecule has 0 aliphatic carbocycles. The van der Waals surface area contributed by atoms with E-state index >= 15 is 0 Å². The van der Waals surface area contributed by atoms with Crippen LogP contribution in [0.2, 0.25) is 0 Å². The van der Waals surface area contributed by atoms with Crippen LogP contribution in [0.1, 0.15) is 18.2 Å². The van der Waals surface area contributed by atoms with E-state index < -0.39 is 0 Å². The molecule has 1 rings (SSSR count). The van der Waals surface area contributed by atoms with Gasteiger partial charge < -0.3 is 10.0 Å². The molecular weight excluding hydrogens is 172 g/mol.